The molecule has 1 saturated heterocycles. The fraction of sp³-hybridized carbons (Fsp3) is 0.421. The molecule has 1 fully saturated rings. The van der Waals surface area contributed by atoms with Gasteiger partial charge in [-0.05, 0) is 50.1 Å². The SMILES string of the molecule is Cc1cc(CCC(=O)O)nc([C@H]2CCCN2Cc2ccc(F)cc2)n1. The van der Waals surface area contributed by atoms with Crippen molar-refractivity contribution in [3.63, 3.8) is 0 Å². The second-order valence-electron chi connectivity index (χ2n) is 6.51. The molecule has 1 aliphatic heterocycles. The van der Waals surface area contributed by atoms with E-state index in [-0.39, 0.29) is 18.3 Å². The second-order valence-corrected chi connectivity index (χ2v) is 6.51. The molecule has 2 aromatic rings. The molecule has 0 aliphatic carbocycles. The Morgan fingerprint density at radius 1 is 1.32 bits per heavy atom. The molecule has 5 nitrogen and oxygen atoms in total. The number of aryl methyl sites for hydroxylation is 2. The van der Waals surface area contributed by atoms with Crippen LogP contribution in [0.5, 0.6) is 0 Å². The quantitative estimate of drug-likeness (QED) is 0.872. The lowest BCUT2D eigenvalue weighted by molar-refractivity contribution is -0.136. The van der Waals surface area contributed by atoms with E-state index in [0.29, 0.717) is 6.42 Å². The van der Waals surface area contributed by atoms with Gasteiger partial charge in [-0.15, -0.1) is 0 Å². The molecule has 2 heterocycles. The molecular formula is C19H22FN3O2. The Hall–Kier alpha value is -2.34. The number of nitrogens with zero attached hydrogens (tertiary/aromatic N) is 3. The highest BCUT2D eigenvalue weighted by Crippen LogP contribution is 2.31. The normalized spacial score (nSPS) is 17.8. The number of benzene rings is 1. The van der Waals surface area contributed by atoms with Crippen LogP contribution in [0.4, 0.5) is 4.39 Å². The van der Waals surface area contributed by atoms with Gasteiger partial charge in [0.15, 0.2) is 0 Å². The van der Waals surface area contributed by atoms with E-state index >= 15 is 0 Å². The number of rotatable bonds is 6. The molecule has 0 unspecified atom stereocenters. The molecule has 3 rings (SSSR count). The van der Waals surface area contributed by atoms with E-state index in [2.05, 4.69) is 14.9 Å². The van der Waals surface area contributed by atoms with Gasteiger partial charge in [-0.3, -0.25) is 9.69 Å². The van der Waals surface area contributed by atoms with Gasteiger partial charge in [0, 0.05) is 24.4 Å². The van der Waals surface area contributed by atoms with E-state index in [1.165, 1.54) is 12.1 Å². The average Bonchev–Trinajstić information content (AvgIpc) is 3.03. The van der Waals surface area contributed by atoms with Crippen molar-refractivity contribution in [2.75, 3.05) is 6.54 Å². The molecule has 1 atom stereocenters. The third-order valence-corrected chi connectivity index (χ3v) is 4.48. The number of likely N-dealkylation sites (tertiary alicyclic amines) is 1. The second kappa shape index (κ2) is 7.70. The highest BCUT2D eigenvalue weighted by atomic mass is 19.1. The average molecular weight is 343 g/mol. The number of halogens is 1. The standard InChI is InChI=1S/C19H22FN3O2/c1-13-11-16(8-9-18(24)25)22-19(21-13)17-3-2-10-23(17)12-14-4-6-15(20)7-5-14/h4-7,11,17H,2-3,8-10,12H2,1H3,(H,24,25)/t17-/m1/s1. The summed E-state index contributed by atoms with van der Waals surface area (Å²) < 4.78 is 13.1. The zero-order chi connectivity index (χ0) is 17.8. The van der Waals surface area contributed by atoms with Gasteiger partial charge in [0.1, 0.15) is 11.6 Å². The number of hydrogen-bond donors (Lipinski definition) is 1. The van der Waals surface area contributed by atoms with Crippen LogP contribution in [-0.2, 0) is 17.8 Å². The summed E-state index contributed by atoms with van der Waals surface area (Å²) in [5.41, 5.74) is 2.70. The van der Waals surface area contributed by atoms with E-state index < -0.39 is 5.97 Å². The Morgan fingerprint density at radius 3 is 2.80 bits per heavy atom. The number of hydrogen-bond acceptors (Lipinski definition) is 4. The fourth-order valence-corrected chi connectivity index (χ4v) is 3.30. The van der Waals surface area contributed by atoms with E-state index in [1.807, 2.05) is 13.0 Å². The van der Waals surface area contributed by atoms with E-state index in [9.17, 15) is 9.18 Å². The smallest absolute Gasteiger partial charge is 0.303 e. The van der Waals surface area contributed by atoms with Crippen LogP contribution in [0.15, 0.2) is 30.3 Å². The molecule has 25 heavy (non-hydrogen) atoms. The van der Waals surface area contributed by atoms with Crippen LogP contribution >= 0.6 is 0 Å². The highest BCUT2D eigenvalue weighted by Gasteiger charge is 2.28. The van der Waals surface area contributed by atoms with Gasteiger partial charge < -0.3 is 5.11 Å². The summed E-state index contributed by atoms with van der Waals surface area (Å²) in [5.74, 6) is -0.288. The van der Waals surface area contributed by atoms with Gasteiger partial charge in [0.25, 0.3) is 0 Å². The molecule has 0 saturated carbocycles. The summed E-state index contributed by atoms with van der Waals surface area (Å²) in [6.07, 6.45) is 2.52. The third kappa shape index (κ3) is 4.60. The van der Waals surface area contributed by atoms with Crippen LogP contribution in [0.2, 0.25) is 0 Å². The predicted octanol–water partition coefficient (Wildman–Crippen LogP) is 3.28. The Balaban J connectivity index is 1.77. The maximum Gasteiger partial charge on any atom is 0.303 e. The van der Waals surface area contributed by atoms with Crippen LogP contribution in [-0.4, -0.2) is 32.5 Å². The van der Waals surface area contributed by atoms with Gasteiger partial charge in [0.2, 0.25) is 0 Å². The van der Waals surface area contributed by atoms with Crippen molar-refractivity contribution < 1.29 is 14.3 Å². The summed E-state index contributed by atoms with van der Waals surface area (Å²) in [6, 6.07) is 8.54. The van der Waals surface area contributed by atoms with Crippen LogP contribution in [0, 0.1) is 12.7 Å². The molecular weight excluding hydrogens is 321 g/mol. The fourth-order valence-electron chi connectivity index (χ4n) is 3.30. The van der Waals surface area contributed by atoms with Crippen molar-refractivity contribution in [2.24, 2.45) is 0 Å². The highest BCUT2D eigenvalue weighted by molar-refractivity contribution is 5.66. The van der Waals surface area contributed by atoms with Gasteiger partial charge in [-0.25, -0.2) is 14.4 Å². The van der Waals surface area contributed by atoms with Crippen molar-refractivity contribution in [1.29, 1.82) is 0 Å². The monoisotopic (exact) mass is 343 g/mol. The van der Waals surface area contributed by atoms with Gasteiger partial charge in [0.05, 0.1) is 12.5 Å². The zero-order valence-corrected chi connectivity index (χ0v) is 14.3. The minimum atomic E-state index is -0.823. The molecule has 132 valence electrons. The van der Waals surface area contributed by atoms with Crippen LogP contribution in [0.25, 0.3) is 0 Å². The van der Waals surface area contributed by atoms with Crippen LogP contribution < -0.4 is 0 Å². The number of carboxylic acid groups (broad SMARTS) is 1. The molecule has 0 spiro atoms. The topological polar surface area (TPSA) is 66.3 Å². The van der Waals surface area contributed by atoms with Crippen LogP contribution in [0.1, 0.15) is 48.1 Å². The van der Waals surface area contributed by atoms with Gasteiger partial charge in [-0.1, -0.05) is 12.1 Å². The first-order valence-electron chi connectivity index (χ1n) is 8.56. The van der Waals surface area contributed by atoms with Gasteiger partial charge >= 0.3 is 5.97 Å². The minimum Gasteiger partial charge on any atom is -0.481 e. The predicted molar refractivity (Wildman–Crippen MR) is 91.5 cm³/mol. The Kier molecular flexibility index (Phi) is 5.38. The Labute approximate surface area is 146 Å². The largest absolute Gasteiger partial charge is 0.481 e. The minimum absolute atomic E-state index is 0.0693. The van der Waals surface area contributed by atoms with Gasteiger partial charge in [-0.2, -0.15) is 0 Å². The molecule has 1 N–H and O–H groups in total. The summed E-state index contributed by atoms with van der Waals surface area (Å²) in [5, 5.41) is 8.87. The van der Waals surface area contributed by atoms with Crippen molar-refractivity contribution in [1.82, 2.24) is 14.9 Å². The van der Waals surface area contributed by atoms with E-state index in [4.69, 9.17) is 5.11 Å². The van der Waals surface area contributed by atoms with E-state index in [1.54, 1.807) is 12.1 Å². The summed E-state index contributed by atoms with van der Waals surface area (Å²) in [4.78, 5) is 22.3. The molecule has 0 radical (unpaired) electrons. The molecule has 1 aliphatic rings. The maximum absolute atomic E-state index is 13.1. The number of aromatic nitrogens is 2. The number of carbonyl (C=O) groups is 1. The lowest BCUT2D eigenvalue weighted by Crippen LogP contribution is -2.25. The first-order chi connectivity index (χ1) is 12.0. The number of carboxylic acids is 1. The van der Waals surface area contributed by atoms with Crippen molar-refractivity contribution in [2.45, 2.75) is 45.2 Å². The number of aliphatic carboxylic acids is 1. The Morgan fingerprint density at radius 2 is 2.08 bits per heavy atom. The lowest BCUT2D eigenvalue weighted by atomic mass is 10.1. The first kappa shape index (κ1) is 17.5. The third-order valence-electron chi connectivity index (χ3n) is 4.48. The molecule has 1 aromatic heterocycles. The molecule has 6 heteroatoms. The summed E-state index contributed by atoms with van der Waals surface area (Å²) in [7, 11) is 0. The van der Waals surface area contributed by atoms with Crippen molar-refractivity contribution >= 4 is 5.97 Å². The van der Waals surface area contributed by atoms with Crippen LogP contribution in [0.3, 0.4) is 0 Å². The summed E-state index contributed by atoms with van der Waals surface area (Å²) >= 11 is 0. The first-order valence-corrected chi connectivity index (χ1v) is 8.56. The van der Waals surface area contributed by atoms with E-state index in [0.717, 1.165) is 48.7 Å². The molecule has 0 bridgehead atoms. The maximum atomic E-state index is 13.1. The lowest BCUT2D eigenvalue weighted by Gasteiger charge is -2.24. The molecule has 0 amide bonds. The molecule has 1 aromatic carbocycles. The zero-order valence-electron chi connectivity index (χ0n) is 14.3. The Bertz CT molecular complexity index is 749. The van der Waals surface area contributed by atoms with Crippen molar-refractivity contribution in [3.05, 3.63) is 58.9 Å². The van der Waals surface area contributed by atoms with Crippen molar-refractivity contribution in [3.8, 4) is 0 Å². The summed E-state index contributed by atoms with van der Waals surface area (Å²) in [6.45, 7) is 3.59.